The molecule has 0 bridgehead atoms. The minimum atomic E-state index is -0.536. The minimum absolute atomic E-state index is 0.0302. The van der Waals surface area contributed by atoms with Gasteiger partial charge in [0.2, 0.25) is 0 Å². The number of rotatable bonds is 5. The summed E-state index contributed by atoms with van der Waals surface area (Å²) in [5, 5.41) is 3.08. The summed E-state index contributed by atoms with van der Waals surface area (Å²) in [7, 11) is 0. The van der Waals surface area contributed by atoms with Crippen molar-refractivity contribution in [2.75, 3.05) is 0 Å². The Morgan fingerprint density at radius 2 is 1.59 bits per heavy atom. The first-order valence-corrected chi connectivity index (χ1v) is 10.9. The molecule has 0 radical (unpaired) electrons. The van der Waals surface area contributed by atoms with E-state index in [0.717, 1.165) is 18.4 Å². The largest absolute Gasteiger partial charge is 0.457 e. The van der Waals surface area contributed by atoms with Gasteiger partial charge in [-0.3, -0.25) is 0 Å². The highest BCUT2D eigenvalue weighted by Gasteiger charge is 2.34. The Balaban J connectivity index is 1.47. The molecule has 1 amide bonds. The molecule has 3 aromatic carbocycles. The molecule has 1 aliphatic rings. The van der Waals surface area contributed by atoms with Gasteiger partial charge in [0, 0.05) is 12.0 Å². The number of fused-ring (bicyclic) bond motifs is 1. The molecule has 32 heavy (non-hydrogen) atoms. The van der Waals surface area contributed by atoms with E-state index in [1.165, 1.54) is 23.3 Å². The van der Waals surface area contributed by atoms with Crippen molar-refractivity contribution in [1.82, 2.24) is 5.32 Å². The lowest BCUT2D eigenvalue weighted by Gasteiger charge is -2.25. The van der Waals surface area contributed by atoms with Crippen LogP contribution in [-0.4, -0.2) is 17.7 Å². The second kappa shape index (κ2) is 9.03. The van der Waals surface area contributed by atoms with Crippen molar-refractivity contribution < 1.29 is 18.7 Å². The molecule has 2 atom stereocenters. The molecule has 1 N–H and O–H groups in total. The topological polar surface area (TPSA) is 47.6 Å². The number of hydrogen-bond acceptors (Lipinski definition) is 3. The van der Waals surface area contributed by atoms with Gasteiger partial charge < -0.3 is 14.8 Å². The third-order valence-electron chi connectivity index (χ3n) is 5.51. The Morgan fingerprint density at radius 1 is 0.969 bits per heavy atom. The van der Waals surface area contributed by atoms with Crippen molar-refractivity contribution in [2.45, 2.75) is 51.2 Å². The fourth-order valence-corrected chi connectivity index (χ4v) is 4.13. The Labute approximate surface area is 188 Å². The molecule has 0 aromatic heterocycles. The molecule has 0 fully saturated rings. The minimum Gasteiger partial charge on any atom is -0.457 e. The van der Waals surface area contributed by atoms with E-state index in [0.29, 0.717) is 11.5 Å². The lowest BCUT2D eigenvalue weighted by molar-refractivity contribution is 0.0499. The van der Waals surface area contributed by atoms with E-state index in [1.807, 2.05) is 57.2 Å². The highest BCUT2D eigenvalue weighted by molar-refractivity contribution is 5.68. The highest BCUT2D eigenvalue weighted by atomic mass is 19.1. The van der Waals surface area contributed by atoms with Crippen LogP contribution < -0.4 is 10.1 Å². The maximum absolute atomic E-state index is 13.1. The number of hydrogen-bond donors (Lipinski definition) is 1. The number of benzene rings is 3. The van der Waals surface area contributed by atoms with Crippen molar-refractivity contribution >= 4 is 6.09 Å². The predicted octanol–water partition coefficient (Wildman–Crippen LogP) is 6.39. The van der Waals surface area contributed by atoms with Crippen LogP contribution in [0.2, 0.25) is 0 Å². The van der Waals surface area contributed by atoms with Gasteiger partial charge in [0.1, 0.15) is 22.9 Å². The number of alkyl carbamates (subject to hydrolysis) is 1. The molecule has 0 saturated carbocycles. The molecular weight excluding hydrogens is 405 g/mol. The summed E-state index contributed by atoms with van der Waals surface area (Å²) in [6.45, 7) is 5.59. The van der Waals surface area contributed by atoms with Crippen LogP contribution in [-0.2, 0) is 17.6 Å². The third-order valence-corrected chi connectivity index (χ3v) is 5.51. The first-order chi connectivity index (χ1) is 15.3. The zero-order valence-electron chi connectivity index (χ0n) is 18.6. The molecule has 5 heteroatoms. The number of carbonyl (C=O) groups is 1. The van der Waals surface area contributed by atoms with Gasteiger partial charge in [-0.1, -0.05) is 36.4 Å². The average Bonchev–Trinajstić information content (AvgIpc) is 3.06. The number of amides is 1. The highest BCUT2D eigenvalue weighted by Crippen LogP contribution is 2.36. The summed E-state index contributed by atoms with van der Waals surface area (Å²) >= 11 is 0. The maximum atomic E-state index is 13.1. The fourth-order valence-electron chi connectivity index (χ4n) is 4.13. The lowest BCUT2D eigenvalue weighted by Crippen LogP contribution is -2.41. The van der Waals surface area contributed by atoms with Crippen molar-refractivity contribution in [1.29, 1.82) is 0 Å². The summed E-state index contributed by atoms with van der Waals surface area (Å²) in [6, 6.07) is 22.2. The van der Waals surface area contributed by atoms with Gasteiger partial charge in [-0.15, -0.1) is 0 Å². The Kier molecular flexibility index (Phi) is 6.17. The smallest absolute Gasteiger partial charge is 0.407 e. The standard InChI is InChI=1S/C27H28FNO3/c1-27(2,3)32-26(30)29-25-17-19-6-4-5-7-23(19)24(25)16-18-8-12-21(13-9-18)31-22-14-10-20(28)11-15-22/h4-15,24-25H,16-17H2,1-3H3,(H,29,30)/t24-,25+/m0/s1. The zero-order valence-corrected chi connectivity index (χ0v) is 18.6. The van der Waals surface area contributed by atoms with Crippen LogP contribution in [0.5, 0.6) is 11.5 Å². The van der Waals surface area contributed by atoms with Crippen molar-refractivity contribution in [3.8, 4) is 11.5 Å². The number of halogens is 1. The molecule has 4 nitrogen and oxygen atoms in total. The monoisotopic (exact) mass is 433 g/mol. The molecule has 0 spiro atoms. The van der Waals surface area contributed by atoms with Crippen LogP contribution in [0.25, 0.3) is 0 Å². The fraction of sp³-hybridized carbons (Fsp3) is 0.296. The van der Waals surface area contributed by atoms with Crippen molar-refractivity contribution in [3.05, 3.63) is 95.3 Å². The van der Waals surface area contributed by atoms with Gasteiger partial charge in [0.25, 0.3) is 0 Å². The van der Waals surface area contributed by atoms with E-state index in [4.69, 9.17) is 9.47 Å². The third kappa shape index (κ3) is 5.47. The van der Waals surface area contributed by atoms with Crippen LogP contribution in [0.3, 0.4) is 0 Å². The number of nitrogens with one attached hydrogen (secondary N) is 1. The second-order valence-corrected chi connectivity index (χ2v) is 9.17. The van der Waals surface area contributed by atoms with Gasteiger partial charge in [0.15, 0.2) is 0 Å². The van der Waals surface area contributed by atoms with Gasteiger partial charge >= 0.3 is 6.09 Å². The number of carbonyl (C=O) groups excluding carboxylic acids is 1. The summed E-state index contributed by atoms with van der Waals surface area (Å²) in [5.74, 6) is 1.14. The van der Waals surface area contributed by atoms with Gasteiger partial charge in [0.05, 0.1) is 0 Å². The summed E-state index contributed by atoms with van der Waals surface area (Å²) in [5.41, 5.74) is 3.13. The molecule has 4 rings (SSSR count). The normalized spacial score (nSPS) is 17.5. The summed E-state index contributed by atoms with van der Waals surface area (Å²) in [4.78, 5) is 12.4. The molecule has 0 heterocycles. The molecule has 3 aromatic rings. The molecule has 1 aliphatic carbocycles. The Morgan fingerprint density at radius 3 is 2.25 bits per heavy atom. The zero-order chi connectivity index (χ0) is 22.7. The lowest BCUT2D eigenvalue weighted by atomic mass is 9.91. The summed E-state index contributed by atoms with van der Waals surface area (Å²) in [6.07, 6.45) is 1.18. The summed E-state index contributed by atoms with van der Waals surface area (Å²) < 4.78 is 24.4. The van der Waals surface area contributed by atoms with Crippen LogP contribution in [0.15, 0.2) is 72.8 Å². The van der Waals surface area contributed by atoms with Crippen LogP contribution in [0, 0.1) is 5.82 Å². The SMILES string of the molecule is CC(C)(C)OC(=O)N[C@@H]1Cc2ccccc2[C@@H]1Cc1ccc(Oc2ccc(F)cc2)cc1. The predicted molar refractivity (Wildman–Crippen MR) is 123 cm³/mol. The Bertz CT molecular complexity index is 1070. The molecular formula is C27H28FNO3. The quantitative estimate of drug-likeness (QED) is 0.507. The van der Waals surface area contributed by atoms with Crippen LogP contribution in [0.1, 0.15) is 43.4 Å². The van der Waals surface area contributed by atoms with E-state index >= 15 is 0 Å². The van der Waals surface area contributed by atoms with E-state index in [9.17, 15) is 9.18 Å². The van der Waals surface area contributed by atoms with Crippen molar-refractivity contribution in [3.63, 3.8) is 0 Å². The maximum Gasteiger partial charge on any atom is 0.407 e. The molecule has 0 saturated heterocycles. The van der Waals surface area contributed by atoms with Gasteiger partial charge in [-0.2, -0.15) is 0 Å². The van der Waals surface area contributed by atoms with Gasteiger partial charge in [-0.25, -0.2) is 9.18 Å². The second-order valence-electron chi connectivity index (χ2n) is 9.17. The van der Waals surface area contributed by atoms with Crippen molar-refractivity contribution in [2.24, 2.45) is 0 Å². The van der Waals surface area contributed by atoms with E-state index in [1.54, 1.807) is 12.1 Å². The van der Waals surface area contributed by atoms with E-state index < -0.39 is 5.60 Å². The molecule has 0 unspecified atom stereocenters. The van der Waals surface area contributed by atoms with E-state index in [2.05, 4.69) is 17.4 Å². The number of ether oxygens (including phenoxy) is 2. The first kappa shape index (κ1) is 21.9. The van der Waals surface area contributed by atoms with Gasteiger partial charge in [-0.05, 0) is 86.7 Å². The van der Waals surface area contributed by atoms with Crippen LogP contribution >= 0.6 is 0 Å². The van der Waals surface area contributed by atoms with E-state index in [-0.39, 0.29) is 23.9 Å². The molecule has 0 aliphatic heterocycles. The molecule has 166 valence electrons. The van der Waals surface area contributed by atoms with Crippen LogP contribution in [0.4, 0.5) is 9.18 Å². The first-order valence-electron chi connectivity index (χ1n) is 10.9. The average molecular weight is 434 g/mol. The Hall–Kier alpha value is -3.34.